The molecule has 2 rings (SSSR count). The average molecular weight is 359 g/mol. The third-order valence-corrected chi connectivity index (χ3v) is 3.88. The van der Waals surface area contributed by atoms with Gasteiger partial charge >= 0.3 is 18.1 Å². The maximum Gasteiger partial charge on any atom is 0.417 e. The summed E-state index contributed by atoms with van der Waals surface area (Å²) in [5.41, 5.74) is -1.71. The fourth-order valence-electron chi connectivity index (χ4n) is 2.79. The van der Waals surface area contributed by atoms with E-state index in [0.29, 0.717) is 13.1 Å². The zero-order valence-electron chi connectivity index (χ0n) is 14.1. The predicted molar refractivity (Wildman–Crippen MR) is 84.8 cm³/mol. The third-order valence-electron chi connectivity index (χ3n) is 3.88. The molecule has 1 aliphatic heterocycles. The first-order valence-electron chi connectivity index (χ1n) is 8.14. The second-order valence-corrected chi connectivity index (χ2v) is 5.55. The first-order valence-corrected chi connectivity index (χ1v) is 8.14. The Hall–Kier alpha value is -2.25. The van der Waals surface area contributed by atoms with E-state index in [1.54, 1.807) is 11.8 Å². The van der Waals surface area contributed by atoms with Crippen molar-refractivity contribution in [1.82, 2.24) is 0 Å². The topological polar surface area (TPSA) is 55.8 Å². The Bertz CT molecular complexity index is 652. The molecule has 1 aliphatic rings. The molecule has 0 amide bonds. The minimum Gasteiger partial charge on any atom is -0.462 e. The number of rotatable bonds is 5. The van der Waals surface area contributed by atoms with Gasteiger partial charge in [0.2, 0.25) is 0 Å². The number of esters is 2. The van der Waals surface area contributed by atoms with Gasteiger partial charge < -0.3 is 14.4 Å². The molecule has 5 nitrogen and oxygen atoms in total. The lowest BCUT2D eigenvalue weighted by molar-refractivity contribution is -0.138. The Labute approximate surface area is 143 Å². The number of ether oxygens (including phenoxy) is 2. The molecule has 1 aromatic carbocycles. The highest BCUT2D eigenvalue weighted by molar-refractivity contribution is 6.01. The number of alkyl halides is 3. The monoisotopic (exact) mass is 359 g/mol. The van der Waals surface area contributed by atoms with Crippen LogP contribution in [0.25, 0.3) is 0 Å². The van der Waals surface area contributed by atoms with Gasteiger partial charge in [0.05, 0.1) is 35.6 Å². The van der Waals surface area contributed by atoms with Crippen LogP contribution in [-0.2, 0) is 15.7 Å². The number of carbonyl (C=O) groups is 2. The van der Waals surface area contributed by atoms with Crippen LogP contribution in [0.1, 0.15) is 53.0 Å². The largest absolute Gasteiger partial charge is 0.462 e. The maximum absolute atomic E-state index is 13.5. The van der Waals surface area contributed by atoms with Crippen LogP contribution in [0.3, 0.4) is 0 Å². The third kappa shape index (κ3) is 4.24. The van der Waals surface area contributed by atoms with Gasteiger partial charge in [-0.25, -0.2) is 9.59 Å². The van der Waals surface area contributed by atoms with Gasteiger partial charge in [0.15, 0.2) is 0 Å². The van der Waals surface area contributed by atoms with E-state index in [1.807, 2.05) is 0 Å². The maximum atomic E-state index is 13.5. The number of carbonyl (C=O) groups excluding carboxylic acids is 2. The van der Waals surface area contributed by atoms with E-state index in [1.165, 1.54) is 6.92 Å². The van der Waals surface area contributed by atoms with Crippen LogP contribution in [0.5, 0.6) is 0 Å². The molecule has 0 spiro atoms. The smallest absolute Gasteiger partial charge is 0.417 e. The van der Waals surface area contributed by atoms with E-state index in [4.69, 9.17) is 9.47 Å². The minimum atomic E-state index is -4.75. The summed E-state index contributed by atoms with van der Waals surface area (Å²) in [5, 5.41) is 0. The highest BCUT2D eigenvalue weighted by Crippen LogP contribution is 2.38. The van der Waals surface area contributed by atoms with Crippen molar-refractivity contribution in [2.75, 3.05) is 31.2 Å². The summed E-state index contributed by atoms with van der Waals surface area (Å²) in [7, 11) is 0. The van der Waals surface area contributed by atoms with Gasteiger partial charge in [-0.15, -0.1) is 0 Å². The Morgan fingerprint density at radius 1 is 1.00 bits per heavy atom. The molecule has 0 aliphatic carbocycles. The second kappa shape index (κ2) is 7.76. The van der Waals surface area contributed by atoms with Gasteiger partial charge in [-0.1, -0.05) is 0 Å². The van der Waals surface area contributed by atoms with E-state index in [-0.39, 0.29) is 24.5 Å². The van der Waals surface area contributed by atoms with Gasteiger partial charge in [-0.3, -0.25) is 0 Å². The summed E-state index contributed by atoms with van der Waals surface area (Å²) in [6.45, 7) is 4.19. The normalized spacial score (nSPS) is 14.5. The Kier molecular flexibility index (Phi) is 5.92. The van der Waals surface area contributed by atoms with Gasteiger partial charge in [0, 0.05) is 13.1 Å². The highest BCUT2D eigenvalue weighted by Gasteiger charge is 2.38. The molecule has 0 atom stereocenters. The second-order valence-electron chi connectivity index (χ2n) is 5.55. The first-order chi connectivity index (χ1) is 11.8. The quantitative estimate of drug-likeness (QED) is 0.751. The molecule has 0 unspecified atom stereocenters. The lowest BCUT2D eigenvalue weighted by Gasteiger charge is -2.23. The van der Waals surface area contributed by atoms with Crippen molar-refractivity contribution >= 4 is 17.6 Å². The molecule has 0 N–H and O–H groups in total. The van der Waals surface area contributed by atoms with E-state index in [9.17, 15) is 22.8 Å². The molecule has 1 heterocycles. The molecule has 1 aromatic rings. The molecule has 1 saturated heterocycles. The van der Waals surface area contributed by atoms with E-state index in [0.717, 1.165) is 25.0 Å². The lowest BCUT2D eigenvalue weighted by atomic mass is 10.0. The zero-order valence-corrected chi connectivity index (χ0v) is 14.1. The lowest BCUT2D eigenvalue weighted by Crippen LogP contribution is -2.24. The van der Waals surface area contributed by atoms with Crippen LogP contribution in [0.4, 0.5) is 18.9 Å². The van der Waals surface area contributed by atoms with Crippen molar-refractivity contribution in [2.45, 2.75) is 32.9 Å². The van der Waals surface area contributed by atoms with Crippen molar-refractivity contribution in [3.8, 4) is 0 Å². The molecule has 8 heteroatoms. The highest BCUT2D eigenvalue weighted by atomic mass is 19.4. The Balaban J connectivity index is 2.64. The van der Waals surface area contributed by atoms with Crippen molar-refractivity contribution < 1.29 is 32.2 Å². The number of benzene rings is 1. The summed E-state index contributed by atoms with van der Waals surface area (Å²) >= 11 is 0. The fraction of sp³-hybridized carbons (Fsp3) is 0.529. The van der Waals surface area contributed by atoms with E-state index >= 15 is 0 Å². The number of hydrogen-bond acceptors (Lipinski definition) is 5. The number of anilines is 1. The molecule has 25 heavy (non-hydrogen) atoms. The van der Waals surface area contributed by atoms with Crippen molar-refractivity contribution in [3.63, 3.8) is 0 Å². The molecule has 1 fully saturated rings. The van der Waals surface area contributed by atoms with Crippen LogP contribution in [0, 0.1) is 0 Å². The SMILES string of the molecule is CCOC(=O)c1cc(C(=O)OCC)c(C(F)(F)F)cc1N1CCCC1. The van der Waals surface area contributed by atoms with Gasteiger partial charge in [-0.2, -0.15) is 13.2 Å². The fourth-order valence-corrected chi connectivity index (χ4v) is 2.79. The number of hydrogen-bond donors (Lipinski definition) is 0. The van der Waals surface area contributed by atoms with Gasteiger partial charge in [0.1, 0.15) is 0 Å². The number of nitrogens with zero attached hydrogens (tertiary/aromatic N) is 1. The molecule has 0 saturated carbocycles. The Morgan fingerprint density at radius 2 is 1.52 bits per heavy atom. The van der Waals surface area contributed by atoms with Crippen molar-refractivity contribution in [3.05, 3.63) is 28.8 Å². The van der Waals surface area contributed by atoms with E-state index < -0.39 is 29.2 Å². The van der Waals surface area contributed by atoms with Crippen molar-refractivity contribution in [1.29, 1.82) is 0 Å². The molecule has 0 radical (unpaired) electrons. The average Bonchev–Trinajstić information content (AvgIpc) is 3.07. The van der Waals surface area contributed by atoms with E-state index in [2.05, 4.69) is 0 Å². The summed E-state index contributed by atoms with van der Waals surface area (Å²) in [6, 6.07) is 1.79. The summed E-state index contributed by atoms with van der Waals surface area (Å²) < 4.78 is 50.0. The predicted octanol–water partition coefficient (Wildman–Crippen LogP) is 3.66. The zero-order chi connectivity index (χ0) is 18.6. The van der Waals surface area contributed by atoms with Crippen LogP contribution in [-0.4, -0.2) is 38.2 Å². The molecule has 138 valence electrons. The van der Waals surface area contributed by atoms with Crippen LogP contribution in [0.15, 0.2) is 12.1 Å². The van der Waals surface area contributed by atoms with Crippen molar-refractivity contribution in [2.24, 2.45) is 0 Å². The molecular weight excluding hydrogens is 339 g/mol. The summed E-state index contributed by atoms with van der Waals surface area (Å²) in [4.78, 5) is 25.9. The first kappa shape index (κ1) is 19.1. The standard InChI is InChI=1S/C17H20F3NO4/c1-3-24-15(22)11-9-12(16(23)25-4-2)14(21-7-5-6-8-21)10-13(11)17(18,19)20/h9-10H,3-8H2,1-2H3. The van der Waals surface area contributed by atoms with Crippen LogP contribution >= 0.6 is 0 Å². The summed E-state index contributed by atoms with van der Waals surface area (Å²) in [6.07, 6.45) is -3.10. The minimum absolute atomic E-state index is 0.0557. The molecule has 0 aromatic heterocycles. The Morgan fingerprint density at radius 3 is 2.00 bits per heavy atom. The van der Waals surface area contributed by atoms with Crippen LogP contribution in [0.2, 0.25) is 0 Å². The van der Waals surface area contributed by atoms with Gasteiger partial charge in [-0.05, 0) is 38.8 Å². The summed E-state index contributed by atoms with van der Waals surface area (Å²) in [5.74, 6) is -1.88. The molecular formula is C17H20F3NO4. The van der Waals surface area contributed by atoms with Gasteiger partial charge in [0.25, 0.3) is 0 Å². The number of halogens is 3. The van der Waals surface area contributed by atoms with Crippen LogP contribution < -0.4 is 4.90 Å². The molecule has 0 bridgehead atoms.